The number of amidine groups is 1. The number of fused-ring (bicyclic) bond motifs is 1. The van der Waals surface area contributed by atoms with E-state index < -0.39 is 0 Å². The zero-order valence-corrected chi connectivity index (χ0v) is 17.1. The first kappa shape index (κ1) is 21.8. The Morgan fingerprint density at radius 2 is 1.82 bits per heavy atom. The predicted molar refractivity (Wildman–Crippen MR) is 120 cm³/mol. The predicted octanol–water partition coefficient (Wildman–Crippen LogP) is 4.51. The molecule has 0 spiro atoms. The van der Waals surface area contributed by atoms with Gasteiger partial charge in [-0.2, -0.15) is 0 Å². The van der Waals surface area contributed by atoms with E-state index in [4.69, 9.17) is 33.5 Å². The van der Waals surface area contributed by atoms with Crippen molar-refractivity contribution in [2.75, 3.05) is 5.73 Å². The maximum Gasteiger partial charge on any atom is 0.199 e. The van der Waals surface area contributed by atoms with Gasteiger partial charge in [-0.3, -0.25) is 5.41 Å². The van der Waals surface area contributed by atoms with Crippen LogP contribution in [0.15, 0.2) is 47.5 Å². The molecule has 0 unspecified atom stereocenters. The molecule has 1 aromatic heterocycles. The third kappa shape index (κ3) is 3.99. The van der Waals surface area contributed by atoms with E-state index in [1.165, 1.54) is 0 Å². The first-order valence-corrected chi connectivity index (χ1v) is 8.56. The van der Waals surface area contributed by atoms with Crippen molar-refractivity contribution < 1.29 is 0 Å². The molecule has 146 valence electrons. The Morgan fingerprint density at radius 1 is 1.11 bits per heavy atom. The van der Waals surface area contributed by atoms with Gasteiger partial charge >= 0.3 is 0 Å². The van der Waals surface area contributed by atoms with Crippen molar-refractivity contribution in [2.45, 2.75) is 12.8 Å². The fourth-order valence-corrected chi connectivity index (χ4v) is 3.41. The van der Waals surface area contributed by atoms with Crippen molar-refractivity contribution in [3.05, 3.63) is 64.2 Å². The molecule has 1 aliphatic carbocycles. The van der Waals surface area contributed by atoms with Gasteiger partial charge in [0, 0.05) is 16.1 Å². The molecule has 0 fully saturated rings. The maximum atomic E-state index is 7.75. The molecule has 1 aliphatic rings. The Kier molecular flexibility index (Phi) is 6.72. The second-order valence-electron chi connectivity index (χ2n) is 6.13. The summed E-state index contributed by atoms with van der Waals surface area (Å²) >= 11 is 5.97. The highest BCUT2D eigenvalue weighted by Gasteiger charge is 2.22. The van der Waals surface area contributed by atoms with E-state index in [0.29, 0.717) is 22.5 Å². The Labute approximate surface area is 179 Å². The summed E-state index contributed by atoms with van der Waals surface area (Å²) in [5, 5.41) is 8.41. The Morgan fingerprint density at radius 3 is 2.50 bits per heavy atom. The van der Waals surface area contributed by atoms with Gasteiger partial charge in [-0.05, 0) is 36.1 Å². The Bertz CT molecular complexity index is 1040. The highest BCUT2D eigenvalue weighted by Crippen LogP contribution is 2.33. The van der Waals surface area contributed by atoms with E-state index in [1.807, 2.05) is 42.5 Å². The number of hydrogen-bond acceptors (Lipinski definition) is 4. The van der Waals surface area contributed by atoms with Crippen LogP contribution < -0.4 is 11.5 Å². The number of nitrogens with two attached hydrogens (primary N) is 2. The van der Waals surface area contributed by atoms with Crippen LogP contribution >= 0.6 is 36.4 Å². The number of aromatic amines is 1. The van der Waals surface area contributed by atoms with Crippen LogP contribution in [0.25, 0.3) is 11.3 Å². The summed E-state index contributed by atoms with van der Waals surface area (Å²) in [6.45, 7) is 0. The second-order valence-corrected chi connectivity index (χ2v) is 6.57. The standard InChI is InChI=1S/C19H17ClN6.2ClH/c20-11-6-4-10(5-7-11)16-18(26-19(23)25-16)24-15-9-8-12-13(15)2-1-3-14(12)17(21)22;;/h1-7H,8-9H2,(H3,21,22)(H3,23,25,26);2*1H. The smallest absolute Gasteiger partial charge is 0.199 e. The summed E-state index contributed by atoms with van der Waals surface area (Å²) in [5.74, 6) is 1.00. The number of nitrogens with one attached hydrogen (secondary N) is 2. The number of anilines is 1. The lowest BCUT2D eigenvalue weighted by Crippen LogP contribution is -2.13. The molecule has 4 rings (SSSR count). The fraction of sp³-hybridized carbons (Fsp3) is 0.105. The van der Waals surface area contributed by atoms with Crippen molar-refractivity contribution in [1.82, 2.24) is 9.97 Å². The van der Waals surface area contributed by atoms with Gasteiger partial charge in [0.15, 0.2) is 11.8 Å². The highest BCUT2D eigenvalue weighted by atomic mass is 35.5. The molecule has 0 amide bonds. The van der Waals surface area contributed by atoms with Crippen molar-refractivity contribution in [3.63, 3.8) is 0 Å². The summed E-state index contributed by atoms with van der Waals surface area (Å²) in [7, 11) is 0. The van der Waals surface area contributed by atoms with Gasteiger partial charge in [0.2, 0.25) is 0 Å². The zero-order valence-electron chi connectivity index (χ0n) is 14.7. The van der Waals surface area contributed by atoms with E-state index >= 15 is 0 Å². The monoisotopic (exact) mass is 436 g/mol. The van der Waals surface area contributed by atoms with Gasteiger partial charge in [0.05, 0.1) is 5.71 Å². The van der Waals surface area contributed by atoms with Crippen LogP contribution in [0.5, 0.6) is 0 Å². The lowest BCUT2D eigenvalue weighted by atomic mass is 10.0. The minimum Gasteiger partial charge on any atom is -0.384 e. The molecule has 0 aliphatic heterocycles. The van der Waals surface area contributed by atoms with Crippen molar-refractivity contribution >= 4 is 59.7 Å². The van der Waals surface area contributed by atoms with Crippen LogP contribution in [0.4, 0.5) is 11.8 Å². The van der Waals surface area contributed by atoms with Crippen LogP contribution in [-0.4, -0.2) is 21.5 Å². The van der Waals surface area contributed by atoms with Crippen molar-refractivity contribution in [2.24, 2.45) is 10.7 Å². The van der Waals surface area contributed by atoms with E-state index in [1.54, 1.807) is 0 Å². The second kappa shape index (κ2) is 8.65. The van der Waals surface area contributed by atoms with Crippen LogP contribution in [0.2, 0.25) is 5.02 Å². The van der Waals surface area contributed by atoms with Crippen LogP contribution in [-0.2, 0) is 6.42 Å². The number of nitrogen functional groups attached to an aromatic ring is 2. The van der Waals surface area contributed by atoms with Crippen LogP contribution in [0.1, 0.15) is 23.1 Å². The molecule has 3 aromatic rings. The number of rotatable bonds is 3. The fourth-order valence-electron chi connectivity index (χ4n) is 3.28. The summed E-state index contributed by atoms with van der Waals surface area (Å²) < 4.78 is 0. The minimum atomic E-state index is 0. The molecule has 6 N–H and O–H groups in total. The van der Waals surface area contributed by atoms with Gasteiger partial charge in [0.1, 0.15) is 11.5 Å². The number of nitrogens with zero attached hydrogens (tertiary/aromatic N) is 2. The molecule has 0 atom stereocenters. The van der Waals surface area contributed by atoms with Crippen LogP contribution in [0, 0.1) is 5.41 Å². The molecule has 1 heterocycles. The zero-order chi connectivity index (χ0) is 18.3. The van der Waals surface area contributed by atoms with Gasteiger partial charge in [-0.1, -0.05) is 41.9 Å². The molecule has 0 radical (unpaired) electrons. The van der Waals surface area contributed by atoms with E-state index in [2.05, 4.69) is 9.97 Å². The molecule has 28 heavy (non-hydrogen) atoms. The molecule has 6 nitrogen and oxygen atoms in total. The molecule has 0 saturated carbocycles. The average Bonchev–Trinajstić information content (AvgIpc) is 3.19. The summed E-state index contributed by atoms with van der Waals surface area (Å²) in [6.07, 6.45) is 1.59. The summed E-state index contributed by atoms with van der Waals surface area (Å²) in [5.41, 5.74) is 16.9. The quantitative estimate of drug-likeness (QED) is 0.357. The first-order chi connectivity index (χ1) is 12.5. The number of halogens is 3. The van der Waals surface area contributed by atoms with Crippen LogP contribution in [0.3, 0.4) is 0 Å². The van der Waals surface area contributed by atoms with Gasteiger partial charge in [-0.15, -0.1) is 24.8 Å². The van der Waals surface area contributed by atoms with Gasteiger partial charge in [0.25, 0.3) is 0 Å². The third-order valence-electron chi connectivity index (χ3n) is 4.46. The largest absolute Gasteiger partial charge is 0.384 e. The summed E-state index contributed by atoms with van der Waals surface area (Å²) in [6, 6.07) is 13.2. The lowest BCUT2D eigenvalue weighted by molar-refractivity contribution is 1.08. The molecular weight excluding hydrogens is 419 g/mol. The topological polar surface area (TPSA) is 117 Å². The number of aromatic nitrogens is 2. The number of H-pyrrole nitrogens is 1. The van der Waals surface area contributed by atoms with E-state index in [9.17, 15) is 0 Å². The van der Waals surface area contributed by atoms with Crippen molar-refractivity contribution in [1.29, 1.82) is 5.41 Å². The van der Waals surface area contributed by atoms with Crippen molar-refractivity contribution in [3.8, 4) is 11.3 Å². The number of aliphatic imine (C=N–C) groups is 1. The maximum absolute atomic E-state index is 7.75. The highest BCUT2D eigenvalue weighted by molar-refractivity contribution is 6.30. The molecule has 0 bridgehead atoms. The number of benzene rings is 2. The average molecular weight is 438 g/mol. The normalized spacial score (nSPS) is 13.5. The lowest BCUT2D eigenvalue weighted by Gasteiger charge is -2.06. The third-order valence-corrected chi connectivity index (χ3v) is 4.71. The van der Waals surface area contributed by atoms with E-state index in [-0.39, 0.29) is 30.6 Å². The Hall–Kier alpha value is -2.54. The summed E-state index contributed by atoms with van der Waals surface area (Å²) in [4.78, 5) is 12.2. The Balaban J connectivity index is 0.00000140. The first-order valence-electron chi connectivity index (χ1n) is 8.18. The molecular formula is C19H19Cl3N6. The van der Waals surface area contributed by atoms with Gasteiger partial charge < -0.3 is 16.5 Å². The number of hydrogen-bond donors (Lipinski definition) is 4. The number of imidazole rings is 1. The molecule has 9 heteroatoms. The minimum absolute atomic E-state index is 0. The SMILES string of the molecule is Cl.Cl.N=C(N)c1cccc2c1CCC2=Nc1[nH]c(N)nc1-c1ccc(Cl)cc1. The van der Waals surface area contributed by atoms with E-state index in [0.717, 1.165) is 40.8 Å². The van der Waals surface area contributed by atoms with Gasteiger partial charge in [-0.25, -0.2) is 9.98 Å². The molecule has 2 aromatic carbocycles. The molecule has 0 saturated heterocycles.